The van der Waals surface area contributed by atoms with Crippen LogP contribution in [0.15, 0.2) is 187 Å². The van der Waals surface area contributed by atoms with Crippen molar-refractivity contribution in [2.45, 2.75) is 6.17 Å². The largest absolute Gasteiger partial charge is 0.346 e. The summed E-state index contributed by atoms with van der Waals surface area (Å²) in [6.07, 6.45) is 1.98. The standard InChI is InChI=1S/C50H32N4S/c1-3-14-32(15-4-1)39-30-45(52-50(51-39)33-16-5-2-6-17-33)54-40-21-11-9-19-36(40)37-25-27-44-48(49(37)54)47-43(55-44)28-26-42-46(47)38-20-10-12-22-41(38)53(42)35-24-23-31-13-7-8-18-34(31)29-35/h1-30,50,52H. The van der Waals surface area contributed by atoms with Crippen molar-refractivity contribution in [3.63, 3.8) is 0 Å². The minimum Gasteiger partial charge on any atom is -0.346 e. The Morgan fingerprint density at radius 1 is 0.491 bits per heavy atom. The number of hydrogen-bond acceptors (Lipinski definition) is 3. The molecular weight excluding hydrogens is 689 g/mol. The second kappa shape index (κ2) is 11.8. The molecule has 1 aliphatic rings. The first-order valence-corrected chi connectivity index (χ1v) is 19.6. The van der Waals surface area contributed by atoms with Crippen LogP contribution in [0, 0.1) is 0 Å². The molecule has 0 spiro atoms. The smallest absolute Gasteiger partial charge is 0.146 e. The Hall–Kier alpha value is -6.95. The maximum Gasteiger partial charge on any atom is 0.146 e. The predicted octanol–water partition coefficient (Wildman–Crippen LogP) is 13.0. The summed E-state index contributed by atoms with van der Waals surface area (Å²) in [7, 11) is 0. The van der Waals surface area contributed by atoms with Crippen LogP contribution in [0.3, 0.4) is 0 Å². The molecule has 8 aromatic carbocycles. The van der Waals surface area contributed by atoms with Crippen LogP contribution in [0.1, 0.15) is 17.3 Å². The average Bonchev–Trinajstić information content (AvgIpc) is 3.91. The van der Waals surface area contributed by atoms with E-state index < -0.39 is 0 Å². The lowest BCUT2D eigenvalue weighted by Gasteiger charge is -2.26. The van der Waals surface area contributed by atoms with Crippen LogP contribution < -0.4 is 5.32 Å². The number of aliphatic imine (C=N–C) groups is 1. The van der Waals surface area contributed by atoms with Crippen LogP contribution in [-0.4, -0.2) is 14.8 Å². The van der Waals surface area contributed by atoms with Crippen LogP contribution >= 0.6 is 11.3 Å². The number of fused-ring (bicyclic) bond motifs is 12. The molecule has 0 radical (unpaired) electrons. The fraction of sp³-hybridized carbons (Fsp3) is 0.0200. The molecule has 0 saturated heterocycles. The lowest BCUT2D eigenvalue weighted by molar-refractivity contribution is 0.646. The van der Waals surface area contributed by atoms with Crippen molar-refractivity contribution in [2.24, 2.45) is 4.99 Å². The Kier molecular flexibility index (Phi) is 6.53. The van der Waals surface area contributed by atoms with Crippen LogP contribution in [-0.2, 0) is 0 Å². The Bertz CT molecular complexity index is 3400. The number of aromatic nitrogens is 2. The molecule has 55 heavy (non-hydrogen) atoms. The third-order valence-electron chi connectivity index (χ3n) is 11.3. The predicted molar refractivity (Wildman–Crippen MR) is 234 cm³/mol. The van der Waals surface area contributed by atoms with Crippen molar-refractivity contribution < 1.29 is 0 Å². The number of nitrogens with zero attached hydrogens (tertiary/aromatic N) is 3. The van der Waals surface area contributed by atoms with Crippen molar-refractivity contribution in [1.82, 2.24) is 14.5 Å². The number of hydrogen-bond donors (Lipinski definition) is 1. The molecule has 0 aliphatic carbocycles. The number of thiophene rings is 1. The van der Waals surface area contributed by atoms with Crippen molar-refractivity contribution >= 4 is 97.4 Å². The highest BCUT2D eigenvalue weighted by Crippen LogP contribution is 2.48. The topological polar surface area (TPSA) is 34.2 Å². The van der Waals surface area contributed by atoms with Gasteiger partial charge in [-0.2, -0.15) is 0 Å². The average molecular weight is 721 g/mol. The lowest BCUT2D eigenvalue weighted by atomic mass is 10.0. The molecule has 258 valence electrons. The fourth-order valence-electron chi connectivity index (χ4n) is 8.91. The maximum absolute atomic E-state index is 5.29. The molecule has 11 aromatic rings. The summed E-state index contributed by atoms with van der Waals surface area (Å²) in [6, 6.07) is 63.6. The van der Waals surface area contributed by atoms with E-state index >= 15 is 0 Å². The first kappa shape index (κ1) is 30.5. The summed E-state index contributed by atoms with van der Waals surface area (Å²) in [6.45, 7) is 0. The zero-order chi connectivity index (χ0) is 36.0. The molecule has 0 bridgehead atoms. The first-order chi connectivity index (χ1) is 27.3. The monoisotopic (exact) mass is 720 g/mol. The van der Waals surface area contributed by atoms with Gasteiger partial charge in [-0.05, 0) is 64.4 Å². The number of benzene rings is 8. The van der Waals surface area contributed by atoms with Crippen LogP contribution in [0.5, 0.6) is 0 Å². The van der Waals surface area contributed by atoms with Crippen LogP contribution in [0.2, 0.25) is 0 Å². The molecule has 3 aromatic heterocycles. The maximum atomic E-state index is 5.29. The van der Waals surface area contributed by atoms with Gasteiger partial charge in [0.05, 0.1) is 27.8 Å². The van der Waals surface area contributed by atoms with Crippen LogP contribution in [0.4, 0.5) is 0 Å². The summed E-state index contributed by atoms with van der Waals surface area (Å²) in [5, 5.41) is 14.0. The molecule has 1 unspecified atom stereocenters. The van der Waals surface area contributed by atoms with E-state index in [1.54, 1.807) is 0 Å². The Morgan fingerprint density at radius 2 is 1.16 bits per heavy atom. The Labute approximate surface area is 320 Å². The third-order valence-corrected chi connectivity index (χ3v) is 12.4. The van der Waals surface area contributed by atoms with Gasteiger partial charge in [-0.3, -0.25) is 9.56 Å². The Balaban J connectivity index is 1.20. The van der Waals surface area contributed by atoms with E-state index in [1.165, 1.54) is 74.7 Å². The highest BCUT2D eigenvalue weighted by molar-refractivity contribution is 7.26. The molecule has 0 saturated carbocycles. The van der Waals surface area contributed by atoms with Gasteiger partial charge in [0.2, 0.25) is 0 Å². The van der Waals surface area contributed by atoms with Crippen molar-refractivity contribution in [3.8, 4) is 5.69 Å². The van der Waals surface area contributed by atoms with E-state index in [4.69, 9.17) is 4.99 Å². The van der Waals surface area contributed by atoms with Gasteiger partial charge in [-0.15, -0.1) is 11.3 Å². The lowest BCUT2D eigenvalue weighted by Crippen LogP contribution is -2.27. The van der Waals surface area contributed by atoms with Crippen molar-refractivity contribution in [2.75, 3.05) is 0 Å². The van der Waals surface area contributed by atoms with Gasteiger partial charge < -0.3 is 9.88 Å². The zero-order valence-electron chi connectivity index (χ0n) is 29.6. The van der Waals surface area contributed by atoms with Gasteiger partial charge in [0.1, 0.15) is 12.0 Å². The number of para-hydroxylation sites is 2. The molecule has 1 atom stereocenters. The highest BCUT2D eigenvalue weighted by atomic mass is 32.1. The van der Waals surface area contributed by atoms with Crippen molar-refractivity contribution in [1.29, 1.82) is 0 Å². The summed E-state index contributed by atoms with van der Waals surface area (Å²) >= 11 is 1.88. The summed E-state index contributed by atoms with van der Waals surface area (Å²) in [5.74, 6) is 1.01. The molecule has 1 N–H and O–H groups in total. The third kappa shape index (κ3) is 4.54. The highest BCUT2D eigenvalue weighted by Gasteiger charge is 2.26. The second-order valence-corrected chi connectivity index (χ2v) is 15.5. The molecule has 4 heterocycles. The van der Waals surface area contributed by atoms with E-state index in [-0.39, 0.29) is 6.17 Å². The van der Waals surface area contributed by atoms with Gasteiger partial charge in [0.25, 0.3) is 0 Å². The fourth-order valence-corrected chi connectivity index (χ4v) is 10.0. The molecule has 5 heteroatoms. The molecule has 12 rings (SSSR count). The number of nitrogens with one attached hydrogen (secondary N) is 1. The van der Waals surface area contributed by atoms with Gasteiger partial charge in [-0.25, -0.2) is 0 Å². The molecular formula is C50H32N4S. The van der Waals surface area contributed by atoms with Gasteiger partial charge >= 0.3 is 0 Å². The van der Waals surface area contributed by atoms with E-state index in [1.807, 2.05) is 11.3 Å². The van der Waals surface area contributed by atoms with E-state index in [9.17, 15) is 0 Å². The van der Waals surface area contributed by atoms with Crippen molar-refractivity contribution in [3.05, 3.63) is 193 Å². The van der Waals surface area contributed by atoms with Gasteiger partial charge in [-0.1, -0.05) is 133 Å². The summed E-state index contributed by atoms with van der Waals surface area (Å²) in [5.41, 5.74) is 9.13. The van der Waals surface area contributed by atoms with Crippen LogP contribution in [0.25, 0.3) is 86.1 Å². The first-order valence-electron chi connectivity index (χ1n) is 18.7. The molecule has 0 fully saturated rings. The molecule has 4 nitrogen and oxygen atoms in total. The Morgan fingerprint density at radius 3 is 2.00 bits per heavy atom. The van der Waals surface area contributed by atoms with Gasteiger partial charge in [0, 0.05) is 53.5 Å². The zero-order valence-corrected chi connectivity index (χ0v) is 30.5. The van der Waals surface area contributed by atoms with Gasteiger partial charge in [0.15, 0.2) is 0 Å². The number of rotatable bonds is 4. The second-order valence-electron chi connectivity index (χ2n) is 14.4. The minimum atomic E-state index is -0.252. The normalized spacial score (nSPS) is 14.7. The number of allylic oxidation sites excluding steroid dienone is 1. The summed E-state index contributed by atoms with van der Waals surface area (Å²) in [4.78, 5) is 5.29. The van der Waals surface area contributed by atoms with E-state index in [2.05, 4.69) is 196 Å². The quantitative estimate of drug-likeness (QED) is 0.193. The molecule has 1 aliphatic heterocycles. The SMILES string of the molecule is C1=C(n2c3ccccc3c3ccc4sc5ccc6c(c7ccccc7n6-c6ccc7ccccc7c6)c5c4c32)NC(c2ccccc2)N=C1c1ccccc1. The molecule has 0 amide bonds. The summed E-state index contributed by atoms with van der Waals surface area (Å²) < 4.78 is 7.48. The van der Waals surface area contributed by atoms with E-state index in [0.29, 0.717) is 0 Å². The minimum absolute atomic E-state index is 0.252. The van der Waals surface area contributed by atoms with E-state index in [0.717, 1.165) is 28.2 Å².